The number of nitrogens with one attached hydrogen (secondary N) is 2. The number of aryl methyl sites for hydroxylation is 1. The van der Waals surface area contributed by atoms with E-state index in [1.54, 1.807) is 29.4 Å². The molecule has 1 saturated heterocycles. The second kappa shape index (κ2) is 13.3. The van der Waals surface area contributed by atoms with Crippen LogP contribution in [0.1, 0.15) is 58.4 Å². The zero-order chi connectivity index (χ0) is 33.2. The maximum atomic E-state index is 12.9. The molecule has 12 heteroatoms. The fourth-order valence-corrected chi connectivity index (χ4v) is 7.50. The fourth-order valence-electron chi connectivity index (χ4n) is 5.95. The largest absolute Gasteiger partial charge is 0.444 e. The Labute approximate surface area is 276 Å². The standard InChI is InChI=1S/C35H42N6O5S/c1-23-15-16-26-27(12-6-14-30(26)40-47(43,44)22-24-9-5-10-24)31(23)45-32-28(13-7-18-36-32)29-17-19-37-33(39-29)38-25-11-8-20-41(21-25)34(42)46-35(2,3)4/h6-7,12-19,24-25,40H,5,8-11,20-22H2,1-4H3,(H,37,38,39). The topological polar surface area (TPSA) is 136 Å². The van der Waals surface area contributed by atoms with Crippen molar-refractivity contribution in [2.75, 3.05) is 28.9 Å². The molecule has 6 rings (SSSR count). The highest BCUT2D eigenvalue weighted by Gasteiger charge is 2.28. The predicted molar refractivity (Wildman–Crippen MR) is 183 cm³/mol. The molecule has 0 bridgehead atoms. The number of sulfonamides is 1. The molecule has 47 heavy (non-hydrogen) atoms. The third-order valence-corrected chi connectivity index (χ3v) is 9.90. The molecule has 0 spiro atoms. The van der Waals surface area contributed by atoms with E-state index in [0.717, 1.165) is 48.4 Å². The highest BCUT2D eigenvalue weighted by atomic mass is 32.2. The Hall–Kier alpha value is -4.45. The first-order valence-electron chi connectivity index (χ1n) is 16.2. The quantitative estimate of drug-likeness (QED) is 0.192. The van der Waals surface area contributed by atoms with Crippen molar-refractivity contribution in [2.24, 2.45) is 5.92 Å². The van der Waals surface area contributed by atoms with Gasteiger partial charge < -0.3 is 19.7 Å². The van der Waals surface area contributed by atoms with Crippen molar-refractivity contribution in [2.45, 2.75) is 71.4 Å². The Morgan fingerprint density at radius 3 is 2.57 bits per heavy atom. The van der Waals surface area contributed by atoms with E-state index in [1.807, 2.05) is 64.1 Å². The number of rotatable bonds is 9. The zero-order valence-corrected chi connectivity index (χ0v) is 28.1. The van der Waals surface area contributed by atoms with Gasteiger partial charge in [0.05, 0.1) is 22.7 Å². The summed E-state index contributed by atoms with van der Waals surface area (Å²) in [5, 5.41) is 4.90. The molecule has 3 heterocycles. The second-order valence-electron chi connectivity index (χ2n) is 13.4. The van der Waals surface area contributed by atoms with Gasteiger partial charge >= 0.3 is 6.09 Å². The van der Waals surface area contributed by atoms with Crippen LogP contribution in [0.5, 0.6) is 11.6 Å². The Morgan fingerprint density at radius 1 is 0.979 bits per heavy atom. The number of hydrogen-bond acceptors (Lipinski definition) is 9. The highest BCUT2D eigenvalue weighted by Crippen LogP contribution is 2.39. The Kier molecular flexibility index (Phi) is 9.23. The third kappa shape index (κ3) is 7.93. The number of carbonyl (C=O) groups excluding carboxylic acids is 1. The number of fused-ring (bicyclic) bond motifs is 1. The van der Waals surface area contributed by atoms with Crippen molar-refractivity contribution in [1.29, 1.82) is 0 Å². The lowest BCUT2D eigenvalue weighted by molar-refractivity contribution is 0.0206. The molecule has 1 atom stereocenters. The summed E-state index contributed by atoms with van der Waals surface area (Å²) in [7, 11) is -3.49. The van der Waals surface area contributed by atoms with Crippen LogP contribution >= 0.6 is 0 Å². The molecule has 1 aliphatic heterocycles. The van der Waals surface area contributed by atoms with Crippen LogP contribution in [-0.2, 0) is 14.8 Å². The van der Waals surface area contributed by atoms with Crippen LogP contribution in [0, 0.1) is 12.8 Å². The number of ether oxygens (including phenoxy) is 2. The molecule has 1 saturated carbocycles. The summed E-state index contributed by atoms with van der Waals surface area (Å²) in [4.78, 5) is 28.2. The molecule has 4 aromatic rings. The van der Waals surface area contributed by atoms with Crippen LogP contribution in [0.3, 0.4) is 0 Å². The third-order valence-electron chi connectivity index (χ3n) is 8.46. The predicted octanol–water partition coefficient (Wildman–Crippen LogP) is 7.15. The molecular weight excluding hydrogens is 616 g/mol. The molecule has 1 amide bonds. The molecule has 2 aromatic heterocycles. The summed E-state index contributed by atoms with van der Waals surface area (Å²) < 4.78 is 40.8. The summed E-state index contributed by atoms with van der Waals surface area (Å²) >= 11 is 0. The number of likely N-dealkylation sites (tertiary alicyclic amines) is 1. The lowest BCUT2D eigenvalue weighted by Gasteiger charge is -2.34. The van der Waals surface area contributed by atoms with Gasteiger partial charge in [0.15, 0.2) is 0 Å². The molecule has 2 aliphatic rings. The number of benzene rings is 2. The molecule has 2 fully saturated rings. The average molecular weight is 659 g/mol. The van der Waals surface area contributed by atoms with Crippen molar-refractivity contribution >= 4 is 38.5 Å². The molecule has 11 nitrogen and oxygen atoms in total. The summed E-state index contributed by atoms with van der Waals surface area (Å²) in [6.07, 6.45) is 7.73. The first kappa shape index (κ1) is 32.5. The van der Waals surface area contributed by atoms with E-state index >= 15 is 0 Å². The first-order valence-corrected chi connectivity index (χ1v) is 17.8. The molecule has 1 unspecified atom stereocenters. The lowest BCUT2D eigenvalue weighted by atomic mass is 9.87. The van der Waals surface area contributed by atoms with E-state index in [2.05, 4.69) is 20.0 Å². The van der Waals surface area contributed by atoms with E-state index in [4.69, 9.17) is 14.5 Å². The summed E-state index contributed by atoms with van der Waals surface area (Å²) in [6.45, 7) is 8.67. The Morgan fingerprint density at radius 2 is 1.81 bits per heavy atom. The van der Waals surface area contributed by atoms with Gasteiger partial charge in [0.25, 0.3) is 0 Å². The molecule has 2 N–H and O–H groups in total. The van der Waals surface area contributed by atoms with Crippen LogP contribution in [0.25, 0.3) is 22.0 Å². The average Bonchev–Trinajstić information content (AvgIpc) is 3.00. The van der Waals surface area contributed by atoms with Crippen LogP contribution in [0.15, 0.2) is 60.9 Å². The number of aromatic nitrogens is 3. The minimum absolute atomic E-state index is 0.0326. The number of pyridine rings is 1. The van der Waals surface area contributed by atoms with Crippen molar-refractivity contribution in [3.63, 3.8) is 0 Å². The van der Waals surface area contributed by atoms with Gasteiger partial charge in [-0.25, -0.2) is 28.2 Å². The summed E-state index contributed by atoms with van der Waals surface area (Å²) in [6, 6.07) is 14.8. The van der Waals surface area contributed by atoms with Gasteiger partial charge in [-0.1, -0.05) is 30.7 Å². The van der Waals surface area contributed by atoms with Crippen LogP contribution in [0.2, 0.25) is 0 Å². The minimum Gasteiger partial charge on any atom is -0.444 e. The molecule has 2 aromatic carbocycles. The second-order valence-corrected chi connectivity index (χ2v) is 15.2. The van der Waals surface area contributed by atoms with E-state index in [1.165, 1.54) is 0 Å². The van der Waals surface area contributed by atoms with Gasteiger partial charge in [-0.3, -0.25) is 4.72 Å². The van der Waals surface area contributed by atoms with Crippen molar-refractivity contribution in [3.8, 4) is 22.9 Å². The lowest BCUT2D eigenvalue weighted by Crippen LogP contribution is -2.47. The van der Waals surface area contributed by atoms with Crippen molar-refractivity contribution in [1.82, 2.24) is 19.9 Å². The van der Waals surface area contributed by atoms with Gasteiger partial charge in [-0.15, -0.1) is 0 Å². The summed E-state index contributed by atoms with van der Waals surface area (Å²) in [5.74, 6) is 1.73. The molecule has 0 radical (unpaired) electrons. The summed E-state index contributed by atoms with van der Waals surface area (Å²) in [5.41, 5.74) is 2.13. The number of amides is 1. The molecular formula is C35H42N6O5S. The Bertz CT molecular complexity index is 1870. The van der Waals surface area contributed by atoms with Gasteiger partial charge in [0.1, 0.15) is 11.4 Å². The van der Waals surface area contributed by atoms with Gasteiger partial charge in [0.2, 0.25) is 21.9 Å². The van der Waals surface area contributed by atoms with Crippen LogP contribution in [0.4, 0.5) is 16.4 Å². The van der Waals surface area contributed by atoms with Gasteiger partial charge in [0, 0.05) is 42.3 Å². The van der Waals surface area contributed by atoms with Gasteiger partial charge in [-0.05, 0) is 89.1 Å². The van der Waals surface area contributed by atoms with Crippen LogP contribution < -0.4 is 14.8 Å². The minimum atomic E-state index is -3.49. The highest BCUT2D eigenvalue weighted by molar-refractivity contribution is 7.92. The number of anilines is 2. The molecule has 1 aliphatic carbocycles. The van der Waals surface area contributed by atoms with E-state index in [0.29, 0.717) is 47.6 Å². The smallest absolute Gasteiger partial charge is 0.410 e. The van der Waals surface area contributed by atoms with E-state index in [9.17, 15) is 13.2 Å². The van der Waals surface area contributed by atoms with E-state index in [-0.39, 0.29) is 23.8 Å². The number of hydrogen-bond donors (Lipinski definition) is 2. The maximum Gasteiger partial charge on any atom is 0.410 e. The number of nitrogens with zero attached hydrogens (tertiary/aromatic N) is 4. The SMILES string of the molecule is Cc1ccc2c(NS(=O)(=O)CC3CCC3)cccc2c1Oc1ncccc1-c1ccnc(NC2CCCN(C(=O)OC(C)(C)C)C2)n1. The van der Waals surface area contributed by atoms with Gasteiger partial charge in [-0.2, -0.15) is 0 Å². The Balaban J connectivity index is 1.23. The van der Waals surface area contributed by atoms with Crippen molar-refractivity contribution < 1.29 is 22.7 Å². The fraction of sp³-hybridized carbons (Fsp3) is 0.429. The van der Waals surface area contributed by atoms with E-state index < -0.39 is 15.6 Å². The maximum absolute atomic E-state index is 12.9. The van der Waals surface area contributed by atoms with Crippen LogP contribution in [-0.4, -0.2) is 64.8 Å². The normalized spacial score (nSPS) is 17.2. The molecule has 248 valence electrons. The number of piperidine rings is 1. The zero-order valence-electron chi connectivity index (χ0n) is 27.3. The number of carbonyl (C=O) groups is 1. The monoisotopic (exact) mass is 658 g/mol. The van der Waals surface area contributed by atoms with Crippen molar-refractivity contribution in [3.05, 3.63) is 66.5 Å². The first-order chi connectivity index (χ1) is 22.4.